The molecule has 1 amide bonds. The van der Waals surface area contributed by atoms with E-state index in [-0.39, 0.29) is 22.0 Å². The molecule has 0 aliphatic carbocycles. The first-order chi connectivity index (χ1) is 13.3. The number of halogens is 3. The van der Waals surface area contributed by atoms with E-state index < -0.39 is 21.7 Å². The fourth-order valence-corrected chi connectivity index (χ4v) is 4.31. The van der Waals surface area contributed by atoms with Crippen LogP contribution in [0.15, 0.2) is 57.9 Å². The second kappa shape index (κ2) is 9.07. The summed E-state index contributed by atoms with van der Waals surface area (Å²) in [7, 11) is -3.59. The van der Waals surface area contributed by atoms with Crippen molar-refractivity contribution < 1.29 is 22.0 Å². The number of aryl methyl sites for hydroxylation is 1. The number of hydrogen-bond donors (Lipinski definition) is 2. The van der Waals surface area contributed by atoms with Crippen LogP contribution in [0.1, 0.15) is 16.2 Å². The number of aromatic amines is 1. The van der Waals surface area contributed by atoms with Gasteiger partial charge in [0, 0.05) is 10.2 Å². The van der Waals surface area contributed by atoms with Crippen molar-refractivity contribution in [3.63, 3.8) is 0 Å². The van der Waals surface area contributed by atoms with Gasteiger partial charge in [0.25, 0.3) is 15.9 Å². The summed E-state index contributed by atoms with van der Waals surface area (Å²) >= 11 is 3.14. The molecule has 0 fully saturated rings. The first-order valence-electron chi connectivity index (χ1n) is 7.80. The number of alkyl halides is 1. The summed E-state index contributed by atoms with van der Waals surface area (Å²) in [4.78, 5) is 19.2. The van der Waals surface area contributed by atoms with Crippen LogP contribution >= 0.6 is 15.9 Å². The highest BCUT2D eigenvalue weighted by Crippen LogP contribution is 2.23. The van der Waals surface area contributed by atoms with Crippen LogP contribution in [0.25, 0.3) is 11.4 Å². The van der Waals surface area contributed by atoms with Crippen molar-refractivity contribution in [2.24, 2.45) is 0 Å². The van der Waals surface area contributed by atoms with E-state index in [0.717, 1.165) is 0 Å². The topological polar surface area (TPSA) is 91.9 Å². The molecule has 1 heterocycles. The fourth-order valence-electron chi connectivity index (χ4n) is 2.35. The molecule has 10 heteroatoms. The van der Waals surface area contributed by atoms with E-state index in [0.29, 0.717) is 17.3 Å². The van der Waals surface area contributed by atoms with Crippen LogP contribution in [0, 0.1) is 12.7 Å². The third-order valence-corrected chi connectivity index (χ3v) is 5.93. The van der Waals surface area contributed by atoms with Gasteiger partial charge < -0.3 is 4.98 Å². The van der Waals surface area contributed by atoms with Crippen molar-refractivity contribution in [1.29, 1.82) is 0 Å². The Labute approximate surface area is 169 Å². The minimum absolute atomic E-state index is 0.0733. The van der Waals surface area contributed by atoms with Gasteiger partial charge in [-0.1, -0.05) is 24.3 Å². The Kier molecular flexibility index (Phi) is 7.03. The standard InChI is InChI=1S/C17H13BrFN3O3S.CH3F/c1-10-15(21-16(20-10)11-6-2-4-8-13(11)19)17(23)22-26(24,25)14-9-5-3-7-12(14)18;1-2/h2-9H,1H3,(H,20,21)(H,22,23);1H3. The third kappa shape index (κ3) is 4.63. The minimum atomic E-state index is -4.09. The molecule has 148 valence electrons. The number of sulfonamides is 1. The first kappa shape index (κ1) is 21.7. The zero-order chi connectivity index (χ0) is 20.9. The van der Waals surface area contributed by atoms with Crippen LogP contribution in [0.3, 0.4) is 0 Å². The van der Waals surface area contributed by atoms with Crippen molar-refractivity contribution in [3.8, 4) is 11.4 Å². The lowest BCUT2D eigenvalue weighted by Gasteiger charge is -2.07. The second-order valence-corrected chi connectivity index (χ2v) is 7.91. The molecule has 0 atom stereocenters. The Morgan fingerprint density at radius 3 is 2.36 bits per heavy atom. The maximum absolute atomic E-state index is 13.9. The number of aromatic nitrogens is 2. The highest BCUT2D eigenvalue weighted by molar-refractivity contribution is 9.10. The number of hydrogen-bond acceptors (Lipinski definition) is 4. The van der Waals surface area contributed by atoms with Gasteiger partial charge in [-0.05, 0) is 47.1 Å². The summed E-state index contributed by atoms with van der Waals surface area (Å²) in [6.45, 7) is 1.55. The number of rotatable bonds is 4. The first-order valence-corrected chi connectivity index (χ1v) is 10.1. The molecular weight excluding hydrogens is 456 g/mol. The minimum Gasteiger partial charge on any atom is -0.341 e. The number of H-pyrrole nitrogens is 1. The molecule has 0 radical (unpaired) electrons. The number of carbonyl (C=O) groups is 1. The molecule has 1 aromatic heterocycles. The monoisotopic (exact) mass is 471 g/mol. The molecule has 6 nitrogen and oxygen atoms in total. The van der Waals surface area contributed by atoms with E-state index in [4.69, 9.17) is 0 Å². The van der Waals surface area contributed by atoms with E-state index in [1.165, 1.54) is 24.3 Å². The quantitative estimate of drug-likeness (QED) is 0.601. The van der Waals surface area contributed by atoms with Crippen molar-refractivity contribution in [2.75, 3.05) is 7.18 Å². The average molecular weight is 472 g/mol. The lowest BCUT2D eigenvalue weighted by atomic mass is 10.2. The normalized spacial score (nSPS) is 10.8. The Bertz CT molecular complexity index is 1100. The van der Waals surface area contributed by atoms with Gasteiger partial charge >= 0.3 is 0 Å². The van der Waals surface area contributed by atoms with Crippen LogP contribution in [0.4, 0.5) is 8.78 Å². The Morgan fingerprint density at radius 2 is 1.71 bits per heavy atom. The summed E-state index contributed by atoms with van der Waals surface area (Å²) in [5, 5.41) is 0. The third-order valence-electron chi connectivity index (χ3n) is 3.58. The number of benzene rings is 2. The van der Waals surface area contributed by atoms with Gasteiger partial charge in [0.05, 0.1) is 12.7 Å². The van der Waals surface area contributed by atoms with Gasteiger partial charge in [-0.15, -0.1) is 0 Å². The van der Waals surface area contributed by atoms with E-state index in [1.807, 2.05) is 4.72 Å². The largest absolute Gasteiger partial charge is 0.341 e. The molecule has 0 saturated heterocycles. The smallest absolute Gasteiger partial charge is 0.285 e. The lowest BCUT2D eigenvalue weighted by Crippen LogP contribution is -2.31. The highest BCUT2D eigenvalue weighted by Gasteiger charge is 2.24. The Hall–Kier alpha value is -2.59. The van der Waals surface area contributed by atoms with Crippen LogP contribution in [0.5, 0.6) is 0 Å². The maximum Gasteiger partial charge on any atom is 0.285 e. The van der Waals surface area contributed by atoms with Crippen molar-refractivity contribution >= 4 is 31.9 Å². The number of nitrogens with zero attached hydrogens (tertiary/aromatic N) is 1. The number of carbonyl (C=O) groups excluding carboxylic acids is 1. The summed E-state index contributed by atoms with van der Waals surface area (Å²) in [5.41, 5.74) is 0.380. The molecule has 0 bridgehead atoms. The van der Waals surface area contributed by atoms with Crippen molar-refractivity contribution in [2.45, 2.75) is 11.8 Å². The van der Waals surface area contributed by atoms with Gasteiger partial charge in [-0.3, -0.25) is 9.18 Å². The van der Waals surface area contributed by atoms with Gasteiger partial charge in [0.1, 0.15) is 16.5 Å². The van der Waals surface area contributed by atoms with Crippen LogP contribution < -0.4 is 4.72 Å². The van der Waals surface area contributed by atoms with Crippen LogP contribution in [-0.2, 0) is 10.0 Å². The predicted octanol–water partition coefficient (Wildman–Crippen LogP) is 3.99. The van der Waals surface area contributed by atoms with Gasteiger partial charge in [-0.2, -0.15) is 0 Å². The average Bonchev–Trinajstić information content (AvgIpc) is 3.05. The zero-order valence-electron chi connectivity index (χ0n) is 14.8. The predicted molar refractivity (Wildman–Crippen MR) is 105 cm³/mol. The molecule has 3 rings (SSSR count). The summed E-state index contributed by atoms with van der Waals surface area (Å²) in [6.07, 6.45) is 0. The molecule has 0 aliphatic rings. The molecule has 0 unspecified atom stereocenters. The SMILES string of the molecule is CF.Cc1[nH]c(-c2ccccc2F)nc1C(=O)NS(=O)(=O)c1ccccc1Br. The van der Waals surface area contributed by atoms with Gasteiger partial charge in [-0.25, -0.2) is 22.5 Å². The Morgan fingerprint density at radius 1 is 1.11 bits per heavy atom. The molecule has 2 aromatic carbocycles. The number of nitrogens with one attached hydrogen (secondary N) is 2. The van der Waals surface area contributed by atoms with E-state index in [2.05, 4.69) is 25.9 Å². The van der Waals surface area contributed by atoms with Crippen LogP contribution in [0.2, 0.25) is 0 Å². The van der Waals surface area contributed by atoms with E-state index >= 15 is 0 Å². The van der Waals surface area contributed by atoms with Gasteiger partial charge in [0.15, 0.2) is 5.69 Å². The molecular formula is C18H16BrF2N3O3S. The van der Waals surface area contributed by atoms with E-state index in [1.54, 1.807) is 31.2 Å². The van der Waals surface area contributed by atoms with Crippen LogP contribution in [-0.4, -0.2) is 31.5 Å². The summed E-state index contributed by atoms with van der Waals surface area (Å²) in [6, 6.07) is 12.1. The molecule has 28 heavy (non-hydrogen) atoms. The molecule has 0 aliphatic heterocycles. The molecule has 0 spiro atoms. The van der Waals surface area contributed by atoms with Crippen molar-refractivity contribution in [3.05, 3.63) is 70.2 Å². The zero-order valence-corrected chi connectivity index (χ0v) is 17.2. The second-order valence-electron chi connectivity index (χ2n) is 5.40. The number of amides is 1. The highest BCUT2D eigenvalue weighted by atomic mass is 79.9. The maximum atomic E-state index is 13.9. The Balaban J connectivity index is 0.00000136. The molecule has 2 N–H and O–H groups in total. The fraction of sp³-hybridized carbons (Fsp3) is 0.111. The summed E-state index contributed by atoms with van der Waals surface area (Å²) in [5.74, 6) is -1.27. The molecule has 3 aromatic rings. The van der Waals surface area contributed by atoms with E-state index in [9.17, 15) is 22.0 Å². The summed E-state index contributed by atoms with van der Waals surface area (Å²) < 4.78 is 50.5. The van der Waals surface area contributed by atoms with Gasteiger partial charge in [0.2, 0.25) is 0 Å². The van der Waals surface area contributed by atoms with Crippen molar-refractivity contribution in [1.82, 2.24) is 14.7 Å². The lowest BCUT2D eigenvalue weighted by molar-refractivity contribution is 0.0976. The molecule has 0 saturated carbocycles. The number of imidazole rings is 1.